The molecule has 0 spiro atoms. The van der Waals surface area contributed by atoms with E-state index in [-0.39, 0.29) is 5.78 Å². The first-order valence-electron chi connectivity index (χ1n) is 4.33. The van der Waals surface area contributed by atoms with Crippen molar-refractivity contribution in [3.63, 3.8) is 0 Å². The van der Waals surface area contributed by atoms with Crippen LogP contribution in [0.2, 0.25) is 0 Å². The van der Waals surface area contributed by atoms with E-state index >= 15 is 0 Å². The van der Waals surface area contributed by atoms with Crippen molar-refractivity contribution in [2.24, 2.45) is 0 Å². The molecule has 1 aliphatic carbocycles. The van der Waals surface area contributed by atoms with Gasteiger partial charge in [-0.05, 0) is 5.56 Å². The van der Waals surface area contributed by atoms with Gasteiger partial charge in [0.05, 0.1) is 0 Å². The van der Waals surface area contributed by atoms with Crippen molar-refractivity contribution >= 4 is 11.9 Å². The van der Waals surface area contributed by atoms with Crippen LogP contribution in [0.5, 0.6) is 0 Å². The molecule has 1 aliphatic rings. The zero-order valence-corrected chi connectivity index (χ0v) is 7.23. The number of carbonyl (C=O) groups is 1. The third-order valence-electron chi connectivity index (χ3n) is 2.08. The van der Waals surface area contributed by atoms with Crippen LogP contribution in [0.4, 0.5) is 0 Å². The molecule has 1 aromatic carbocycles. The average Bonchev–Trinajstić information content (AvgIpc) is 2.17. The van der Waals surface area contributed by atoms with Crippen LogP contribution in [-0.2, 0) is 4.79 Å². The maximum Gasteiger partial charge on any atom is 0.166 e. The van der Waals surface area contributed by atoms with Crippen LogP contribution in [0.15, 0.2) is 48.1 Å². The molecule has 0 saturated carbocycles. The summed E-state index contributed by atoms with van der Waals surface area (Å²) in [6.45, 7) is 0. The van der Waals surface area contributed by atoms with Crippen molar-refractivity contribution in [3.05, 3.63) is 53.6 Å². The van der Waals surface area contributed by atoms with Crippen LogP contribution in [0.3, 0.4) is 0 Å². The summed E-state index contributed by atoms with van der Waals surface area (Å²) >= 11 is 0. The Balaban J connectivity index is 2.10. The highest BCUT2D eigenvalue weighted by Crippen LogP contribution is 2.16. The van der Waals surface area contributed by atoms with Crippen LogP contribution in [-0.4, -0.2) is 5.78 Å². The highest BCUT2D eigenvalue weighted by molar-refractivity contribution is 6.05. The standard InChI is InChI=1S/C12H10O/c13-12-9-8-11(12)7-6-10-4-2-1-3-5-10/h1-8H,9H2/b7-6-. The van der Waals surface area contributed by atoms with Gasteiger partial charge in [0.15, 0.2) is 5.78 Å². The van der Waals surface area contributed by atoms with Gasteiger partial charge >= 0.3 is 0 Å². The predicted molar refractivity (Wildman–Crippen MR) is 53.2 cm³/mol. The molecule has 0 amide bonds. The minimum Gasteiger partial charge on any atom is -0.294 e. The molecule has 13 heavy (non-hydrogen) atoms. The lowest BCUT2D eigenvalue weighted by molar-refractivity contribution is -0.115. The Bertz CT molecular complexity index is 371. The highest BCUT2D eigenvalue weighted by Gasteiger charge is 2.12. The van der Waals surface area contributed by atoms with Gasteiger partial charge < -0.3 is 0 Å². The molecular weight excluding hydrogens is 160 g/mol. The van der Waals surface area contributed by atoms with Crippen LogP contribution < -0.4 is 0 Å². The zero-order valence-electron chi connectivity index (χ0n) is 7.23. The third-order valence-corrected chi connectivity index (χ3v) is 2.08. The van der Waals surface area contributed by atoms with E-state index in [1.807, 2.05) is 48.6 Å². The van der Waals surface area contributed by atoms with Crippen molar-refractivity contribution in [3.8, 4) is 0 Å². The van der Waals surface area contributed by atoms with Crippen LogP contribution in [0, 0.1) is 0 Å². The first-order chi connectivity index (χ1) is 6.36. The molecule has 2 rings (SSSR count). The number of Topliss-reactive ketones (excluding diaryl/α,β-unsaturated/α-hetero) is 1. The molecule has 0 bridgehead atoms. The Morgan fingerprint density at radius 1 is 1.08 bits per heavy atom. The van der Waals surface area contributed by atoms with Crippen molar-refractivity contribution in [1.29, 1.82) is 0 Å². The van der Waals surface area contributed by atoms with Crippen LogP contribution in [0.25, 0.3) is 6.08 Å². The summed E-state index contributed by atoms with van der Waals surface area (Å²) in [5, 5.41) is 0. The van der Waals surface area contributed by atoms with Gasteiger partial charge in [-0.3, -0.25) is 4.79 Å². The molecule has 0 atom stereocenters. The number of hydrogen-bond donors (Lipinski definition) is 0. The summed E-state index contributed by atoms with van der Waals surface area (Å²) in [7, 11) is 0. The summed E-state index contributed by atoms with van der Waals surface area (Å²) in [6, 6.07) is 9.97. The minimum absolute atomic E-state index is 0.243. The molecule has 1 heteroatoms. The van der Waals surface area contributed by atoms with E-state index in [9.17, 15) is 4.79 Å². The SMILES string of the molecule is O=C1CC=C1/C=C\c1ccccc1. The van der Waals surface area contributed by atoms with Crippen molar-refractivity contribution in [1.82, 2.24) is 0 Å². The molecule has 0 saturated heterocycles. The largest absolute Gasteiger partial charge is 0.294 e. The fraction of sp³-hybridized carbons (Fsp3) is 0.0833. The van der Waals surface area contributed by atoms with Gasteiger partial charge in [-0.25, -0.2) is 0 Å². The summed E-state index contributed by atoms with van der Waals surface area (Å²) < 4.78 is 0. The molecule has 0 unspecified atom stereocenters. The van der Waals surface area contributed by atoms with E-state index in [1.54, 1.807) is 0 Å². The van der Waals surface area contributed by atoms with Crippen LogP contribution in [0.1, 0.15) is 12.0 Å². The average molecular weight is 170 g/mol. The second-order valence-corrected chi connectivity index (χ2v) is 3.03. The monoisotopic (exact) mass is 170 g/mol. The number of ketones is 1. The Hall–Kier alpha value is -1.63. The Morgan fingerprint density at radius 2 is 1.85 bits per heavy atom. The number of benzene rings is 1. The van der Waals surface area contributed by atoms with E-state index in [0.717, 1.165) is 11.1 Å². The molecule has 0 fully saturated rings. The lowest BCUT2D eigenvalue weighted by Crippen LogP contribution is -2.07. The van der Waals surface area contributed by atoms with E-state index in [1.165, 1.54) is 0 Å². The Labute approximate surface area is 77.4 Å². The number of carbonyl (C=O) groups excluding carboxylic acids is 1. The van der Waals surface area contributed by atoms with E-state index in [2.05, 4.69) is 0 Å². The quantitative estimate of drug-likeness (QED) is 0.666. The first kappa shape index (κ1) is 7.99. The number of rotatable bonds is 2. The van der Waals surface area contributed by atoms with Crippen LogP contribution >= 0.6 is 0 Å². The second kappa shape index (κ2) is 3.40. The topological polar surface area (TPSA) is 17.1 Å². The predicted octanol–water partition coefficient (Wildman–Crippen LogP) is 2.60. The molecule has 0 radical (unpaired) electrons. The maximum atomic E-state index is 10.9. The lowest BCUT2D eigenvalue weighted by atomic mass is 9.96. The summed E-state index contributed by atoms with van der Waals surface area (Å²) in [6.07, 6.45) is 6.39. The normalized spacial score (nSPS) is 15.7. The van der Waals surface area contributed by atoms with Gasteiger partial charge in [0.2, 0.25) is 0 Å². The van der Waals surface area contributed by atoms with Gasteiger partial charge in [-0.2, -0.15) is 0 Å². The fourth-order valence-corrected chi connectivity index (χ4v) is 1.21. The summed E-state index contributed by atoms with van der Waals surface area (Å²) in [5.74, 6) is 0.243. The molecule has 0 N–H and O–H groups in total. The van der Waals surface area contributed by atoms with Gasteiger partial charge in [-0.1, -0.05) is 48.6 Å². The van der Waals surface area contributed by atoms with Gasteiger partial charge in [-0.15, -0.1) is 0 Å². The molecule has 1 nitrogen and oxygen atoms in total. The number of allylic oxidation sites excluding steroid dienone is 3. The van der Waals surface area contributed by atoms with Crippen molar-refractivity contribution in [2.75, 3.05) is 0 Å². The van der Waals surface area contributed by atoms with Gasteiger partial charge in [0, 0.05) is 12.0 Å². The van der Waals surface area contributed by atoms with E-state index < -0.39 is 0 Å². The molecular formula is C12H10O. The lowest BCUT2D eigenvalue weighted by Gasteiger charge is -2.07. The molecule has 0 aliphatic heterocycles. The molecule has 1 aromatic rings. The van der Waals surface area contributed by atoms with E-state index in [4.69, 9.17) is 0 Å². The minimum atomic E-state index is 0.243. The summed E-state index contributed by atoms with van der Waals surface area (Å²) in [5.41, 5.74) is 1.96. The van der Waals surface area contributed by atoms with Gasteiger partial charge in [0.1, 0.15) is 0 Å². The zero-order chi connectivity index (χ0) is 9.10. The number of hydrogen-bond acceptors (Lipinski definition) is 1. The molecule has 64 valence electrons. The van der Waals surface area contributed by atoms with E-state index in [0.29, 0.717) is 6.42 Å². The first-order valence-corrected chi connectivity index (χ1v) is 4.33. The smallest absolute Gasteiger partial charge is 0.166 e. The fourth-order valence-electron chi connectivity index (χ4n) is 1.21. The van der Waals surface area contributed by atoms with Gasteiger partial charge in [0.25, 0.3) is 0 Å². The second-order valence-electron chi connectivity index (χ2n) is 3.03. The molecule has 0 aromatic heterocycles. The molecule has 0 heterocycles. The van der Waals surface area contributed by atoms with Crippen molar-refractivity contribution < 1.29 is 4.79 Å². The Kier molecular flexibility index (Phi) is 2.09. The Morgan fingerprint density at radius 3 is 2.38 bits per heavy atom. The third kappa shape index (κ3) is 1.75. The van der Waals surface area contributed by atoms with Crippen molar-refractivity contribution in [2.45, 2.75) is 6.42 Å². The summed E-state index contributed by atoms with van der Waals surface area (Å²) in [4.78, 5) is 10.9. The maximum absolute atomic E-state index is 10.9. The highest BCUT2D eigenvalue weighted by atomic mass is 16.1.